The first-order valence-electron chi connectivity index (χ1n) is 6.44. The van der Waals surface area contributed by atoms with Crippen LogP contribution in [0.2, 0.25) is 10.0 Å². The Balaban J connectivity index is 2.32. The summed E-state index contributed by atoms with van der Waals surface area (Å²) in [6.45, 7) is 4.08. The van der Waals surface area contributed by atoms with Gasteiger partial charge in [-0.05, 0) is 49.1 Å². The number of carbonyl (C=O) groups is 1. The van der Waals surface area contributed by atoms with Gasteiger partial charge >= 0.3 is 5.97 Å². The molecule has 0 spiro atoms. The lowest BCUT2D eigenvalue weighted by Crippen LogP contribution is -2.23. The molecule has 2 rings (SSSR count). The molecule has 0 aliphatic heterocycles. The number of halogens is 2. The van der Waals surface area contributed by atoms with Gasteiger partial charge in [0.2, 0.25) is 0 Å². The average molecular weight is 344 g/mol. The zero-order valence-electron chi connectivity index (χ0n) is 11.7. The Labute approximate surface area is 137 Å². The first-order chi connectivity index (χ1) is 10.0. The summed E-state index contributed by atoms with van der Waals surface area (Å²) in [7, 11) is 0. The number of rotatable bonds is 5. The van der Waals surface area contributed by atoms with E-state index in [9.17, 15) is 4.79 Å². The highest BCUT2D eigenvalue weighted by Crippen LogP contribution is 2.30. The second kappa shape index (κ2) is 7.16. The lowest BCUT2D eigenvalue weighted by atomic mass is 10.1. The quantitative estimate of drug-likeness (QED) is 0.769. The monoisotopic (exact) mass is 343 g/mol. The van der Waals surface area contributed by atoms with E-state index in [2.05, 4.69) is 5.32 Å². The second-order valence-corrected chi connectivity index (χ2v) is 6.28. The maximum absolute atomic E-state index is 12.2. The normalized spacial score (nSPS) is 12.0. The fourth-order valence-corrected chi connectivity index (χ4v) is 3.43. The molecule has 6 heteroatoms. The Morgan fingerprint density at radius 2 is 2.00 bits per heavy atom. The predicted octanol–water partition coefficient (Wildman–Crippen LogP) is 5.08. The molecule has 112 valence electrons. The lowest BCUT2D eigenvalue weighted by Gasteiger charge is -2.18. The van der Waals surface area contributed by atoms with E-state index in [1.165, 1.54) is 11.3 Å². The van der Waals surface area contributed by atoms with Crippen LogP contribution in [0.15, 0.2) is 29.6 Å². The minimum atomic E-state index is -0.570. The molecule has 1 heterocycles. The summed E-state index contributed by atoms with van der Waals surface area (Å²) in [5.41, 5.74) is 1.72. The number of ether oxygens (including phenoxy) is 1. The van der Waals surface area contributed by atoms with Crippen LogP contribution in [0.25, 0.3) is 0 Å². The van der Waals surface area contributed by atoms with Crippen LogP contribution in [0.3, 0.4) is 0 Å². The predicted molar refractivity (Wildman–Crippen MR) is 88.5 cm³/mol. The number of carbonyl (C=O) groups excluding carboxylic acids is 1. The van der Waals surface area contributed by atoms with Crippen LogP contribution in [-0.2, 0) is 9.53 Å². The summed E-state index contributed by atoms with van der Waals surface area (Å²) in [6, 6.07) is 6.49. The molecular formula is C15H15Cl2NO2S. The van der Waals surface area contributed by atoms with Gasteiger partial charge in [-0.15, -0.1) is 11.3 Å². The van der Waals surface area contributed by atoms with Crippen molar-refractivity contribution in [1.82, 2.24) is 0 Å². The summed E-state index contributed by atoms with van der Waals surface area (Å²) in [4.78, 5) is 13.1. The van der Waals surface area contributed by atoms with E-state index in [-0.39, 0.29) is 5.97 Å². The highest BCUT2D eigenvalue weighted by atomic mass is 35.5. The standard InChI is InChI=1S/C15H15Cl2NO2S/c1-3-20-15(19)13(14-9(2)4-5-21-14)18-12-7-10(16)6-11(17)8-12/h4-8,13,18H,3H2,1-2H3. The van der Waals surface area contributed by atoms with Crippen molar-refractivity contribution in [2.75, 3.05) is 11.9 Å². The number of hydrogen-bond acceptors (Lipinski definition) is 4. The van der Waals surface area contributed by atoms with Gasteiger partial charge in [-0.2, -0.15) is 0 Å². The lowest BCUT2D eigenvalue weighted by molar-refractivity contribution is -0.144. The van der Waals surface area contributed by atoms with Crippen LogP contribution in [0.1, 0.15) is 23.4 Å². The number of anilines is 1. The van der Waals surface area contributed by atoms with Crippen LogP contribution in [0, 0.1) is 6.92 Å². The zero-order valence-corrected chi connectivity index (χ0v) is 14.0. The minimum absolute atomic E-state index is 0.320. The Kier molecular flexibility index (Phi) is 5.51. The van der Waals surface area contributed by atoms with Crippen molar-refractivity contribution in [3.05, 3.63) is 50.1 Å². The first-order valence-corrected chi connectivity index (χ1v) is 8.08. The Hall–Kier alpha value is -1.23. The number of esters is 1. The van der Waals surface area contributed by atoms with Crippen molar-refractivity contribution < 1.29 is 9.53 Å². The fraction of sp³-hybridized carbons (Fsp3) is 0.267. The zero-order chi connectivity index (χ0) is 15.4. The number of hydrogen-bond donors (Lipinski definition) is 1. The van der Waals surface area contributed by atoms with E-state index in [4.69, 9.17) is 27.9 Å². The molecule has 1 unspecified atom stereocenters. The molecule has 0 aliphatic rings. The van der Waals surface area contributed by atoms with Crippen molar-refractivity contribution in [3.8, 4) is 0 Å². The summed E-state index contributed by atoms with van der Waals surface area (Å²) < 4.78 is 5.15. The van der Waals surface area contributed by atoms with E-state index < -0.39 is 6.04 Å². The molecule has 2 aromatic rings. The Morgan fingerprint density at radius 1 is 1.33 bits per heavy atom. The SMILES string of the molecule is CCOC(=O)C(Nc1cc(Cl)cc(Cl)c1)c1sccc1C. The van der Waals surface area contributed by atoms with Crippen molar-refractivity contribution in [1.29, 1.82) is 0 Å². The van der Waals surface area contributed by atoms with Gasteiger partial charge in [0.05, 0.1) is 6.61 Å². The topological polar surface area (TPSA) is 38.3 Å². The number of benzene rings is 1. The van der Waals surface area contributed by atoms with E-state index in [1.54, 1.807) is 25.1 Å². The van der Waals surface area contributed by atoms with Gasteiger partial charge in [0.25, 0.3) is 0 Å². The summed E-state index contributed by atoms with van der Waals surface area (Å²) >= 11 is 13.5. The molecule has 1 N–H and O–H groups in total. The molecule has 0 aliphatic carbocycles. The molecule has 0 saturated carbocycles. The van der Waals surface area contributed by atoms with Gasteiger partial charge in [-0.25, -0.2) is 4.79 Å². The smallest absolute Gasteiger partial charge is 0.334 e. The molecular weight excluding hydrogens is 329 g/mol. The van der Waals surface area contributed by atoms with Crippen LogP contribution >= 0.6 is 34.5 Å². The fourth-order valence-electron chi connectivity index (χ4n) is 1.94. The number of nitrogens with one attached hydrogen (secondary N) is 1. The average Bonchev–Trinajstić information content (AvgIpc) is 2.81. The third kappa shape index (κ3) is 4.13. The van der Waals surface area contributed by atoms with Gasteiger partial charge in [-0.1, -0.05) is 23.2 Å². The second-order valence-electron chi connectivity index (χ2n) is 4.46. The molecule has 0 bridgehead atoms. The minimum Gasteiger partial charge on any atom is -0.464 e. The molecule has 0 amide bonds. The third-order valence-corrected chi connectivity index (χ3v) is 4.38. The largest absolute Gasteiger partial charge is 0.464 e. The molecule has 0 radical (unpaired) electrons. The van der Waals surface area contributed by atoms with Crippen LogP contribution in [0.5, 0.6) is 0 Å². The first kappa shape index (κ1) is 16.1. The van der Waals surface area contributed by atoms with Crippen molar-refractivity contribution in [2.24, 2.45) is 0 Å². The molecule has 3 nitrogen and oxygen atoms in total. The van der Waals surface area contributed by atoms with E-state index in [0.29, 0.717) is 22.3 Å². The van der Waals surface area contributed by atoms with E-state index in [0.717, 1.165) is 10.4 Å². The van der Waals surface area contributed by atoms with Gasteiger partial charge in [0.1, 0.15) is 0 Å². The maximum Gasteiger partial charge on any atom is 0.334 e. The summed E-state index contributed by atoms with van der Waals surface area (Å²) in [5.74, 6) is -0.320. The van der Waals surface area contributed by atoms with Crippen LogP contribution < -0.4 is 5.32 Å². The highest BCUT2D eigenvalue weighted by molar-refractivity contribution is 7.10. The third-order valence-electron chi connectivity index (χ3n) is 2.86. The van der Waals surface area contributed by atoms with E-state index >= 15 is 0 Å². The van der Waals surface area contributed by atoms with E-state index in [1.807, 2.05) is 18.4 Å². The molecule has 1 aromatic heterocycles. The maximum atomic E-state index is 12.2. The summed E-state index contributed by atoms with van der Waals surface area (Å²) in [6.07, 6.45) is 0. The van der Waals surface area contributed by atoms with Gasteiger partial charge in [0, 0.05) is 20.6 Å². The van der Waals surface area contributed by atoms with Crippen LogP contribution in [0.4, 0.5) is 5.69 Å². The molecule has 1 aromatic carbocycles. The molecule has 1 atom stereocenters. The number of aryl methyl sites for hydroxylation is 1. The molecule has 0 fully saturated rings. The Bertz CT molecular complexity index is 622. The van der Waals surface area contributed by atoms with Crippen LogP contribution in [-0.4, -0.2) is 12.6 Å². The Morgan fingerprint density at radius 3 is 2.52 bits per heavy atom. The van der Waals surface area contributed by atoms with Gasteiger partial charge < -0.3 is 10.1 Å². The molecule has 21 heavy (non-hydrogen) atoms. The van der Waals surface area contributed by atoms with Gasteiger partial charge in [-0.3, -0.25) is 0 Å². The number of thiophene rings is 1. The summed E-state index contributed by atoms with van der Waals surface area (Å²) in [5, 5.41) is 6.12. The highest BCUT2D eigenvalue weighted by Gasteiger charge is 2.25. The van der Waals surface area contributed by atoms with Crippen molar-refractivity contribution in [3.63, 3.8) is 0 Å². The van der Waals surface area contributed by atoms with Crippen molar-refractivity contribution in [2.45, 2.75) is 19.9 Å². The van der Waals surface area contributed by atoms with Crippen molar-refractivity contribution >= 4 is 46.2 Å². The van der Waals surface area contributed by atoms with Gasteiger partial charge in [0.15, 0.2) is 6.04 Å². The molecule has 0 saturated heterocycles.